The van der Waals surface area contributed by atoms with Crippen LogP contribution >= 0.6 is 47.0 Å². The number of carbonyl (C=O) groups is 4. The van der Waals surface area contributed by atoms with Crippen LogP contribution in [0.4, 0.5) is 0 Å². The lowest BCUT2D eigenvalue weighted by Gasteiger charge is -2.31. The van der Waals surface area contributed by atoms with E-state index in [2.05, 4.69) is 27.7 Å². The van der Waals surface area contributed by atoms with Gasteiger partial charge in [-0.2, -0.15) is 23.5 Å². The SMILES string of the molecule is CC(C)(CCSCCSCCC(C)(C)CCN1C(=O)C=C2SCCC2C1=O)CCN1C(=O)C=C2SCC=C2C1=O. The summed E-state index contributed by atoms with van der Waals surface area (Å²) in [5, 5.41) is 0. The Kier molecular flexibility index (Phi) is 11.1. The first-order chi connectivity index (χ1) is 19.0. The first kappa shape index (κ1) is 31.8. The molecule has 0 aromatic rings. The highest BCUT2D eigenvalue weighted by atomic mass is 32.2. The van der Waals surface area contributed by atoms with E-state index >= 15 is 0 Å². The van der Waals surface area contributed by atoms with Crippen LogP contribution in [-0.2, 0) is 19.2 Å². The number of fused-ring (bicyclic) bond motifs is 2. The van der Waals surface area contributed by atoms with Gasteiger partial charge in [0.15, 0.2) is 0 Å². The molecule has 4 rings (SSSR count). The summed E-state index contributed by atoms with van der Waals surface area (Å²) in [6.45, 7) is 9.91. The number of rotatable bonds is 15. The third kappa shape index (κ3) is 8.26. The van der Waals surface area contributed by atoms with E-state index < -0.39 is 0 Å². The van der Waals surface area contributed by atoms with Crippen LogP contribution in [0.3, 0.4) is 0 Å². The molecular formula is C30H42N2O4S4. The second-order valence-electron chi connectivity index (χ2n) is 12.4. The summed E-state index contributed by atoms with van der Waals surface area (Å²) < 4.78 is 0. The van der Waals surface area contributed by atoms with Gasteiger partial charge in [-0.15, -0.1) is 23.5 Å². The van der Waals surface area contributed by atoms with E-state index in [4.69, 9.17) is 0 Å². The molecule has 4 aliphatic heterocycles. The fraction of sp³-hybridized carbons (Fsp3) is 0.667. The van der Waals surface area contributed by atoms with Crippen molar-refractivity contribution in [3.63, 3.8) is 0 Å². The lowest BCUT2D eigenvalue weighted by atomic mass is 9.86. The highest BCUT2D eigenvalue weighted by molar-refractivity contribution is 8.04. The van der Waals surface area contributed by atoms with Crippen LogP contribution in [0.5, 0.6) is 0 Å². The van der Waals surface area contributed by atoms with Crippen molar-refractivity contribution in [2.24, 2.45) is 16.7 Å². The van der Waals surface area contributed by atoms with Crippen LogP contribution in [-0.4, -0.2) is 81.0 Å². The lowest BCUT2D eigenvalue weighted by molar-refractivity contribution is -0.145. The molecule has 1 fully saturated rings. The largest absolute Gasteiger partial charge is 0.278 e. The lowest BCUT2D eigenvalue weighted by Crippen LogP contribution is -2.44. The summed E-state index contributed by atoms with van der Waals surface area (Å²) in [6, 6.07) is 0. The Morgan fingerprint density at radius 1 is 0.800 bits per heavy atom. The maximum absolute atomic E-state index is 12.8. The molecule has 0 radical (unpaired) electrons. The molecule has 0 aliphatic carbocycles. The molecule has 40 heavy (non-hydrogen) atoms. The molecular weight excluding hydrogens is 581 g/mol. The van der Waals surface area contributed by atoms with Crippen LogP contribution in [0, 0.1) is 16.7 Å². The highest BCUT2D eigenvalue weighted by Gasteiger charge is 2.39. The summed E-state index contributed by atoms with van der Waals surface area (Å²) in [5.41, 5.74) is 0.851. The second kappa shape index (κ2) is 13.9. The van der Waals surface area contributed by atoms with E-state index in [0.29, 0.717) is 18.7 Å². The maximum Gasteiger partial charge on any atom is 0.261 e. The van der Waals surface area contributed by atoms with Crippen molar-refractivity contribution in [3.05, 3.63) is 33.6 Å². The quantitative estimate of drug-likeness (QED) is 0.163. The number of amides is 4. The Bertz CT molecular complexity index is 1110. The van der Waals surface area contributed by atoms with Gasteiger partial charge in [0, 0.05) is 52.3 Å². The summed E-state index contributed by atoms with van der Waals surface area (Å²) >= 11 is 7.16. The van der Waals surface area contributed by atoms with Crippen molar-refractivity contribution < 1.29 is 19.2 Å². The first-order valence-electron chi connectivity index (χ1n) is 14.2. The zero-order valence-corrected chi connectivity index (χ0v) is 27.4. The summed E-state index contributed by atoms with van der Waals surface area (Å²) in [5.74, 6) is 5.54. The molecule has 6 nitrogen and oxygen atoms in total. The normalized spacial score (nSPS) is 21.5. The third-order valence-electron chi connectivity index (χ3n) is 8.15. The van der Waals surface area contributed by atoms with Crippen molar-refractivity contribution >= 4 is 70.7 Å². The number of nitrogens with zero attached hydrogens (tertiary/aromatic N) is 2. The van der Waals surface area contributed by atoms with Crippen molar-refractivity contribution in [3.8, 4) is 0 Å². The summed E-state index contributed by atoms with van der Waals surface area (Å²) in [7, 11) is 0. The molecule has 220 valence electrons. The number of imide groups is 2. The smallest absolute Gasteiger partial charge is 0.261 e. The van der Waals surface area contributed by atoms with Crippen LogP contribution in [0.25, 0.3) is 0 Å². The molecule has 0 aromatic heterocycles. The number of thioether (sulfide) groups is 4. The van der Waals surface area contributed by atoms with Gasteiger partial charge in [0.1, 0.15) is 0 Å². The highest BCUT2D eigenvalue weighted by Crippen LogP contribution is 2.40. The molecule has 4 heterocycles. The fourth-order valence-corrected chi connectivity index (χ4v) is 9.97. The Labute approximate surface area is 256 Å². The molecule has 1 atom stereocenters. The Morgan fingerprint density at radius 3 is 2.05 bits per heavy atom. The monoisotopic (exact) mass is 622 g/mol. The first-order valence-corrected chi connectivity index (χ1v) is 18.5. The second-order valence-corrected chi connectivity index (χ2v) is 17.0. The van der Waals surface area contributed by atoms with Crippen molar-refractivity contribution in [2.75, 3.05) is 47.6 Å². The van der Waals surface area contributed by atoms with E-state index in [1.54, 1.807) is 35.7 Å². The minimum absolute atomic E-state index is 0.00278. The van der Waals surface area contributed by atoms with E-state index in [9.17, 15) is 19.2 Å². The van der Waals surface area contributed by atoms with E-state index in [0.717, 1.165) is 76.4 Å². The van der Waals surface area contributed by atoms with Crippen LogP contribution < -0.4 is 0 Å². The van der Waals surface area contributed by atoms with Gasteiger partial charge in [-0.25, -0.2) is 0 Å². The molecule has 0 aromatic carbocycles. The van der Waals surface area contributed by atoms with Gasteiger partial charge in [0.05, 0.1) is 11.5 Å². The minimum Gasteiger partial charge on any atom is -0.278 e. The van der Waals surface area contributed by atoms with Gasteiger partial charge in [-0.3, -0.25) is 29.0 Å². The molecule has 10 heteroatoms. The van der Waals surface area contributed by atoms with Crippen LogP contribution in [0.1, 0.15) is 59.8 Å². The van der Waals surface area contributed by atoms with Crippen molar-refractivity contribution in [2.45, 2.75) is 59.8 Å². The van der Waals surface area contributed by atoms with Gasteiger partial charge < -0.3 is 0 Å². The van der Waals surface area contributed by atoms with Crippen LogP contribution in [0.15, 0.2) is 33.6 Å². The van der Waals surface area contributed by atoms with E-state index in [1.165, 1.54) is 9.80 Å². The van der Waals surface area contributed by atoms with E-state index in [-0.39, 0.29) is 40.4 Å². The topological polar surface area (TPSA) is 74.8 Å². The summed E-state index contributed by atoms with van der Waals surface area (Å²) in [6.07, 6.45) is 9.84. The van der Waals surface area contributed by atoms with E-state index in [1.807, 2.05) is 29.6 Å². The number of hydrogen-bond donors (Lipinski definition) is 0. The Balaban J connectivity index is 1.06. The molecule has 0 bridgehead atoms. The Hall–Kier alpha value is -1.10. The molecule has 1 saturated heterocycles. The molecule has 4 aliphatic rings. The van der Waals surface area contributed by atoms with Gasteiger partial charge in [-0.1, -0.05) is 33.8 Å². The standard InChI is InChI=1S/C30H42N2O4S4/c1-29(2,7-11-31-25(33)19-23-21(27(31)35)5-13-39-23)9-15-37-17-18-38-16-10-30(3,4)8-12-32-26(34)20-24-22(28(32)36)6-14-40-24/h5,19-20,22H,6-18H2,1-4H3. The average molecular weight is 623 g/mol. The molecule has 4 amide bonds. The van der Waals surface area contributed by atoms with Gasteiger partial charge in [-0.05, 0) is 60.2 Å². The molecule has 0 spiro atoms. The third-order valence-corrected chi connectivity index (χ3v) is 12.5. The van der Waals surface area contributed by atoms with Crippen LogP contribution in [0.2, 0.25) is 0 Å². The Morgan fingerprint density at radius 2 is 1.40 bits per heavy atom. The van der Waals surface area contributed by atoms with Gasteiger partial charge in [0.2, 0.25) is 5.91 Å². The maximum atomic E-state index is 12.8. The average Bonchev–Trinajstić information content (AvgIpc) is 3.55. The molecule has 0 saturated carbocycles. The zero-order valence-electron chi connectivity index (χ0n) is 24.2. The predicted molar refractivity (Wildman–Crippen MR) is 171 cm³/mol. The molecule has 1 unspecified atom stereocenters. The van der Waals surface area contributed by atoms with Gasteiger partial charge >= 0.3 is 0 Å². The van der Waals surface area contributed by atoms with Crippen molar-refractivity contribution in [1.82, 2.24) is 9.80 Å². The molecule has 0 N–H and O–H groups in total. The van der Waals surface area contributed by atoms with Gasteiger partial charge in [0.25, 0.3) is 17.7 Å². The zero-order chi connectivity index (χ0) is 28.9. The van der Waals surface area contributed by atoms with Crippen molar-refractivity contribution in [1.29, 1.82) is 0 Å². The fourth-order valence-electron chi connectivity index (χ4n) is 5.09. The minimum atomic E-state index is -0.176. The predicted octanol–water partition coefficient (Wildman–Crippen LogP) is 6.00. The number of hydrogen-bond acceptors (Lipinski definition) is 8. The number of carbonyl (C=O) groups excluding carboxylic acids is 4. The summed E-state index contributed by atoms with van der Waals surface area (Å²) in [4.78, 5) is 55.0.